The molecule has 0 heterocycles. The molecule has 3 nitrogen and oxygen atoms in total. The molecule has 0 aromatic carbocycles. The van der Waals surface area contributed by atoms with Crippen molar-refractivity contribution in [1.82, 2.24) is 0 Å². The van der Waals surface area contributed by atoms with E-state index in [-0.39, 0.29) is 5.60 Å². The Balaban J connectivity index is 3.65. The van der Waals surface area contributed by atoms with Crippen LogP contribution in [0.5, 0.6) is 0 Å². The standard InChI is InChI=1S/C19H41NO2/c1-6-8-10-15-19(5,20)22-17-13-11-14-18(3,4)21-16-12-9-7-2/h6-17,20H2,1-5H3. The molecule has 0 fully saturated rings. The van der Waals surface area contributed by atoms with E-state index in [0.29, 0.717) is 0 Å². The smallest absolute Gasteiger partial charge is 0.113 e. The van der Waals surface area contributed by atoms with Gasteiger partial charge in [0.2, 0.25) is 0 Å². The fourth-order valence-electron chi connectivity index (χ4n) is 2.53. The molecule has 2 N–H and O–H groups in total. The first-order valence-corrected chi connectivity index (χ1v) is 9.40. The summed E-state index contributed by atoms with van der Waals surface area (Å²) in [5.74, 6) is 0. The first kappa shape index (κ1) is 21.9. The van der Waals surface area contributed by atoms with Crippen LogP contribution in [0.2, 0.25) is 0 Å². The highest BCUT2D eigenvalue weighted by Gasteiger charge is 2.19. The normalized spacial score (nSPS) is 15.0. The average molecular weight is 316 g/mol. The van der Waals surface area contributed by atoms with Gasteiger partial charge in [-0.15, -0.1) is 0 Å². The molecule has 1 atom stereocenters. The Kier molecular flexibility index (Phi) is 12.3. The van der Waals surface area contributed by atoms with Gasteiger partial charge in [-0.05, 0) is 59.3 Å². The summed E-state index contributed by atoms with van der Waals surface area (Å²) in [5, 5.41) is 0. The van der Waals surface area contributed by atoms with Crippen LogP contribution < -0.4 is 5.73 Å². The van der Waals surface area contributed by atoms with E-state index in [9.17, 15) is 0 Å². The van der Waals surface area contributed by atoms with Gasteiger partial charge in [-0.25, -0.2) is 0 Å². The second-order valence-corrected chi connectivity index (χ2v) is 7.39. The van der Waals surface area contributed by atoms with E-state index in [1.807, 2.05) is 6.92 Å². The molecule has 0 aliphatic carbocycles. The zero-order valence-corrected chi connectivity index (χ0v) is 15.9. The summed E-state index contributed by atoms with van der Waals surface area (Å²) in [6, 6.07) is 0. The molecule has 0 rings (SSSR count). The average Bonchev–Trinajstić information content (AvgIpc) is 2.43. The SMILES string of the molecule is CCCCCOC(C)(C)CCCCOC(C)(N)CCCCC. The number of hydrogen-bond acceptors (Lipinski definition) is 3. The van der Waals surface area contributed by atoms with Crippen LogP contribution >= 0.6 is 0 Å². The van der Waals surface area contributed by atoms with E-state index < -0.39 is 5.72 Å². The van der Waals surface area contributed by atoms with Gasteiger partial charge in [0.15, 0.2) is 0 Å². The summed E-state index contributed by atoms with van der Waals surface area (Å²) in [6.45, 7) is 12.5. The maximum Gasteiger partial charge on any atom is 0.113 e. The van der Waals surface area contributed by atoms with Crippen molar-refractivity contribution in [3.8, 4) is 0 Å². The van der Waals surface area contributed by atoms with Crippen molar-refractivity contribution in [3.05, 3.63) is 0 Å². The van der Waals surface area contributed by atoms with E-state index >= 15 is 0 Å². The zero-order chi connectivity index (χ0) is 16.9. The molecular weight excluding hydrogens is 274 g/mol. The van der Waals surface area contributed by atoms with Crippen LogP contribution in [-0.4, -0.2) is 24.5 Å². The molecule has 0 aliphatic rings. The molecule has 0 aromatic rings. The molecule has 0 aliphatic heterocycles. The van der Waals surface area contributed by atoms with Crippen LogP contribution in [0.4, 0.5) is 0 Å². The van der Waals surface area contributed by atoms with Crippen LogP contribution in [0.1, 0.15) is 98.8 Å². The van der Waals surface area contributed by atoms with Gasteiger partial charge < -0.3 is 15.2 Å². The molecule has 0 radical (unpaired) electrons. The largest absolute Gasteiger partial charge is 0.376 e. The maximum absolute atomic E-state index is 6.17. The minimum Gasteiger partial charge on any atom is -0.376 e. The van der Waals surface area contributed by atoms with Crippen molar-refractivity contribution in [1.29, 1.82) is 0 Å². The Morgan fingerprint density at radius 3 is 1.82 bits per heavy atom. The summed E-state index contributed by atoms with van der Waals surface area (Å²) in [6.07, 6.45) is 11.5. The number of ether oxygens (including phenoxy) is 2. The van der Waals surface area contributed by atoms with Crippen molar-refractivity contribution in [2.45, 2.75) is 110 Å². The summed E-state index contributed by atoms with van der Waals surface area (Å²) < 4.78 is 11.8. The second-order valence-electron chi connectivity index (χ2n) is 7.39. The molecule has 0 saturated carbocycles. The van der Waals surface area contributed by atoms with Gasteiger partial charge in [0.1, 0.15) is 5.72 Å². The zero-order valence-electron chi connectivity index (χ0n) is 15.9. The number of unbranched alkanes of at least 4 members (excludes halogenated alkanes) is 5. The Morgan fingerprint density at radius 2 is 1.18 bits per heavy atom. The Bertz CT molecular complexity index is 252. The first-order chi connectivity index (χ1) is 10.3. The van der Waals surface area contributed by atoms with E-state index in [1.54, 1.807) is 0 Å². The minimum absolute atomic E-state index is 0.0130. The Hall–Kier alpha value is -0.120. The fourth-order valence-corrected chi connectivity index (χ4v) is 2.53. The number of hydrogen-bond donors (Lipinski definition) is 1. The van der Waals surface area contributed by atoms with Gasteiger partial charge in [-0.2, -0.15) is 0 Å². The molecule has 0 saturated heterocycles. The lowest BCUT2D eigenvalue weighted by molar-refractivity contribution is -0.0443. The van der Waals surface area contributed by atoms with Crippen molar-refractivity contribution in [2.24, 2.45) is 5.73 Å². The third kappa shape index (κ3) is 13.5. The molecule has 22 heavy (non-hydrogen) atoms. The molecule has 0 bridgehead atoms. The molecule has 0 aromatic heterocycles. The lowest BCUT2D eigenvalue weighted by Crippen LogP contribution is -2.39. The predicted octanol–water partition coefficient (Wildman–Crippen LogP) is 5.41. The van der Waals surface area contributed by atoms with Gasteiger partial charge in [0.25, 0.3) is 0 Å². The molecular formula is C19H41NO2. The van der Waals surface area contributed by atoms with E-state index in [1.165, 1.54) is 32.1 Å². The lowest BCUT2D eigenvalue weighted by Gasteiger charge is -2.27. The molecule has 0 amide bonds. The minimum atomic E-state index is -0.457. The van der Waals surface area contributed by atoms with Gasteiger partial charge in [-0.1, -0.05) is 39.5 Å². The summed E-state index contributed by atoms with van der Waals surface area (Å²) in [5.41, 5.74) is 5.70. The van der Waals surface area contributed by atoms with Gasteiger partial charge >= 0.3 is 0 Å². The Morgan fingerprint density at radius 1 is 0.682 bits per heavy atom. The molecule has 1 unspecified atom stereocenters. The van der Waals surface area contributed by atoms with Gasteiger partial charge in [-0.3, -0.25) is 0 Å². The van der Waals surface area contributed by atoms with Crippen molar-refractivity contribution >= 4 is 0 Å². The topological polar surface area (TPSA) is 44.5 Å². The monoisotopic (exact) mass is 315 g/mol. The summed E-state index contributed by atoms with van der Waals surface area (Å²) in [4.78, 5) is 0. The van der Waals surface area contributed by atoms with Crippen LogP contribution in [0, 0.1) is 0 Å². The predicted molar refractivity (Wildman–Crippen MR) is 96.1 cm³/mol. The van der Waals surface area contributed by atoms with Crippen LogP contribution in [0.3, 0.4) is 0 Å². The third-order valence-corrected chi connectivity index (χ3v) is 4.12. The van der Waals surface area contributed by atoms with Crippen LogP contribution in [-0.2, 0) is 9.47 Å². The molecule has 0 spiro atoms. The van der Waals surface area contributed by atoms with Crippen LogP contribution in [0.25, 0.3) is 0 Å². The van der Waals surface area contributed by atoms with Gasteiger partial charge in [0.05, 0.1) is 5.60 Å². The van der Waals surface area contributed by atoms with Crippen molar-refractivity contribution < 1.29 is 9.47 Å². The second kappa shape index (κ2) is 12.3. The fraction of sp³-hybridized carbons (Fsp3) is 1.00. The van der Waals surface area contributed by atoms with E-state index in [0.717, 1.165) is 45.3 Å². The van der Waals surface area contributed by atoms with E-state index in [4.69, 9.17) is 15.2 Å². The number of rotatable bonds is 15. The highest BCUT2D eigenvalue weighted by atomic mass is 16.5. The van der Waals surface area contributed by atoms with Gasteiger partial charge in [0, 0.05) is 13.2 Å². The molecule has 134 valence electrons. The third-order valence-electron chi connectivity index (χ3n) is 4.12. The van der Waals surface area contributed by atoms with Crippen molar-refractivity contribution in [2.75, 3.05) is 13.2 Å². The highest BCUT2D eigenvalue weighted by molar-refractivity contribution is 4.69. The molecule has 3 heteroatoms. The van der Waals surface area contributed by atoms with Crippen molar-refractivity contribution in [3.63, 3.8) is 0 Å². The lowest BCUT2D eigenvalue weighted by atomic mass is 10.0. The number of nitrogens with two attached hydrogens (primary N) is 1. The van der Waals surface area contributed by atoms with Crippen LogP contribution in [0.15, 0.2) is 0 Å². The van der Waals surface area contributed by atoms with E-state index in [2.05, 4.69) is 27.7 Å². The quantitative estimate of drug-likeness (QED) is 0.324. The highest BCUT2D eigenvalue weighted by Crippen LogP contribution is 2.20. The maximum atomic E-state index is 6.17. The first-order valence-electron chi connectivity index (χ1n) is 9.40. The summed E-state index contributed by atoms with van der Waals surface area (Å²) >= 11 is 0. The summed E-state index contributed by atoms with van der Waals surface area (Å²) in [7, 11) is 0. The Labute approximate surface area is 139 Å².